The van der Waals surface area contributed by atoms with Crippen LogP contribution in [0.4, 0.5) is 0 Å². The molecule has 1 aromatic rings. The third-order valence-electron chi connectivity index (χ3n) is 5.54. The molecule has 1 rings (SSSR count). The maximum Gasteiger partial charge on any atom is 0.123 e. The molecule has 3 heteroatoms. The van der Waals surface area contributed by atoms with Crippen molar-refractivity contribution in [3.05, 3.63) is 36.4 Å². The van der Waals surface area contributed by atoms with E-state index in [1.807, 2.05) is 0 Å². The Bertz CT molecular complexity index is 521. The second kappa shape index (κ2) is 15.9. The molecule has 0 bridgehead atoms. The lowest BCUT2D eigenvalue weighted by Crippen LogP contribution is -2.55. The highest BCUT2D eigenvalue weighted by Crippen LogP contribution is 2.14. The van der Waals surface area contributed by atoms with Gasteiger partial charge in [-0.15, -0.1) is 0 Å². The van der Waals surface area contributed by atoms with Crippen molar-refractivity contribution in [1.29, 1.82) is 0 Å². The van der Waals surface area contributed by atoms with E-state index >= 15 is 0 Å². The van der Waals surface area contributed by atoms with E-state index in [1.54, 1.807) is 0 Å². The van der Waals surface area contributed by atoms with E-state index in [-0.39, 0.29) is 0 Å². The molecule has 1 aromatic carbocycles. The van der Waals surface area contributed by atoms with Gasteiger partial charge in [-0.05, 0) is 64.3 Å². The third kappa shape index (κ3) is 10.1. The van der Waals surface area contributed by atoms with Crippen LogP contribution < -0.4 is 5.19 Å². The van der Waals surface area contributed by atoms with Gasteiger partial charge in [0, 0.05) is 0 Å². The summed E-state index contributed by atoms with van der Waals surface area (Å²) in [5.41, 5.74) is 2.45. The van der Waals surface area contributed by atoms with E-state index in [1.165, 1.54) is 88.3 Å². The van der Waals surface area contributed by atoms with Gasteiger partial charge in [-0.1, -0.05) is 95.0 Å². The fourth-order valence-electron chi connectivity index (χ4n) is 3.59. The highest BCUT2D eigenvalue weighted by atomic mass is 28.2. The molecule has 0 aliphatic heterocycles. The van der Waals surface area contributed by atoms with Crippen LogP contribution in [0.3, 0.4) is 0 Å². The van der Waals surface area contributed by atoms with Gasteiger partial charge < -0.3 is 0 Å². The summed E-state index contributed by atoms with van der Waals surface area (Å²) in [6.45, 7) is 20.4. The highest BCUT2D eigenvalue weighted by molar-refractivity contribution is 6.55. The Labute approximate surface area is 184 Å². The molecular weight excluding hydrogens is 368 g/mol. The van der Waals surface area contributed by atoms with Gasteiger partial charge in [0.1, 0.15) is 9.52 Å². The Morgan fingerprint density at radius 2 is 1.28 bits per heavy atom. The Kier molecular flexibility index (Phi) is 14.3. The number of hydrogen-bond acceptors (Lipinski definition) is 2. The molecule has 0 heterocycles. The summed E-state index contributed by atoms with van der Waals surface area (Å²) < 4.78 is 0. The van der Waals surface area contributed by atoms with Crippen molar-refractivity contribution >= 4 is 20.3 Å². The molecule has 0 atom stereocenters. The zero-order valence-corrected chi connectivity index (χ0v) is 21.0. The summed E-state index contributed by atoms with van der Waals surface area (Å²) >= 11 is 0. The van der Waals surface area contributed by atoms with Crippen LogP contribution in [-0.2, 0) is 0 Å². The number of unbranched alkanes of at least 4 members (excludes halogenated alkanes) is 4. The highest BCUT2D eigenvalue weighted by Gasteiger charge is 2.25. The summed E-state index contributed by atoms with van der Waals surface area (Å²) in [5, 5.41) is 1.48. The van der Waals surface area contributed by atoms with Gasteiger partial charge >= 0.3 is 0 Å². The number of hydrogen-bond donors (Lipinski definition) is 0. The molecule has 0 amide bonds. The van der Waals surface area contributed by atoms with Crippen LogP contribution in [0, 0.1) is 0 Å². The van der Waals surface area contributed by atoms with Gasteiger partial charge in [0.15, 0.2) is 0 Å². The van der Waals surface area contributed by atoms with Crippen LogP contribution in [-0.4, -0.2) is 51.3 Å². The van der Waals surface area contributed by atoms with Crippen LogP contribution in [0.2, 0.25) is 0 Å². The lowest BCUT2D eigenvalue weighted by atomic mass is 10.1. The van der Waals surface area contributed by atoms with Crippen molar-refractivity contribution in [2.24, 2.45) is 0 Å². The zero-order valence-electron chi connectivity index (χ0n) is 20.0. The van der Waals surface area contributed by atoms with Crippen molar-refractivity contribution < 1.29 is 0 Å². The monoisotopic (exact) mass is 414 g/mol. The first-order valence-corrected chi connectivity index (χ1v) is 13.2. The SMILES string of the molecule is C=C(C)c1cccc([Si]C(N(CCCC)CCCC)N(CCCC)CCCC)c1. The van der Waals surface area contributed by atoms with Gasteiger partial charge in [-0.25, -0.2) is 0 Å². The molecule has 0 saturated heterocycles. The predicted octanol–water partition coefficient (Wildman–Crippen LogP) is 6.14. The van der Waals surface area contributed by atoms with Gasteiger partial charge in [-0.2, -0.15) is 0 Å². The fourth-order valence-corrected chi connectivity index (χ4v) is 5.21. The van der Waals surface area contributed by atoms with Crippen LogP contribution in [0.1, 0.15) is 91.5 Å². The van der Waals surface area contributed by atoms with E-state index in [0.29, 0.717) is 5.79 Å². The molecule has 0 aromatic heterocycles. The number of allylic oxidation sites excluding steroid dienone is 1. The lowest BCUT2D eigenvalue weighted by molar-refractivity contribution is 0.0911. The minimum absolute atomic E-state index is 0.534. The van der Waals surface area contributed by atoms with E-state index in [0.717, 1.165) is 15.1 Å². The van der Waals surface area contributed by atoms with E-state index in [4.69, 9.17) is 0 Å². The smallest absolute Gasteiger partial charge is 0.123 e. The minimum atomic E-state index is 0.534. The molecule has 2 nitrogen and oxygen atoms in total. The van der Waals surface area contributed by atoms with E-state index in [9.17, 15) is 0 Å². The summed E-state index contributed by atoms with van der Waals surface area (Å²) in [4.78, 5) is 5.62. The van der Waals surface area contributed by atoms with Gasteiger partial charge in [0.05, 0.1) is 5.79 Å². The molecule has 164 valence electrons. The first-order valence-electron chi connectivity index (χ1n) is 12.1. The van der Waals surface area contributed by atoms with Crippen molar-refractivity contribution in [3.63, 3.8) is 0 Å². The van der Waals surface area contributed by atoms with Crippen LogP contribution in [0.5, 0.6) is 0 Å². The Morgan fingerprint density at radius 1 is 0.828 bits per heavy atom. The molecule has 0 aliphatic rings. The topological polar surface area (TPSA) is 6.48 Å². The number of nitrogens with zero attached hydrogens (tertiary/aromatic N) is 2. The average molecular weight is 415 g/mol. The number of benzene rings is 1. The summed E-state index contributed by atoms with van der Waals surface area (Å²) in [5.74, 6) is 0.534. The van der Waals surface area contributed by atoms with E-state index in [2.05, 4.69) is 75.3 Å². The van der Waals surface area contributed by atoms with Crippen molar-refractivity contribution in [1.82, 2.24) is 9.80 Å². The van der Waals surface area contributed by atoms with Gasteiger partial charge in [-0.3, -0.25) is 9.80 Å². The maximum absolute atomic E-state index is 4.16. The van der Waals surface area contributed by atoms with Crippen molar-refractivity contribution in [2.45, 2.75) is 91.8 Å². The maximum atomic E-state index is 4.16. The molecule has 0 unspecified atom stereocenters. The second-order valence-electron chi connectivity index (χ2n) is 8.37. The summed E-state index contributed by atoms with van der Waals surface area (Å²) in [6.07, 6.45) is 10.3. The Balaban J connectivity index is 3.16. The molecule has 0 saturated carbocycles. The van der Waals surface area contributed by atoms with E-state index < -0.39 is 0 Å². The Hall–Kier alpha value is -0.903. The third-order valence-corrected chi connectivity index (χ3v) is 7.17. The minimum Gasteiger partial charge on any atom is -0.291 e. The second-order valence-corrected chi connectivity index (χ2v) is 9.75. The lowest BCUT2D eigenvalue weighted by Gasteiger charge is -2.40. The van der Waals surface area contributed by atoms with Crippen molar-refractivity contribution in [2.75, 3.05) is 26.2 Å². The molecule has 29 heavy (non-hydrogen) atoms. The van der Waals surface area contributed by atoms with Gasteiger partial charge in [0.25, 0.3) is 0 Å². The zero-order chi connectivity index (χ0) is 21.5. The fraction of sp³-hybridized carbons (Fsp3) is 0.692. The number of rotatable bonds is 17. The molecule has 0 fully saturated rings. The summed E-state index contributed by atoms with van der Waals surface area (Å²) in [6, 6.07) is 9.12. The largest absolute Gasteiger partial charge is 0.291 e. The van der Waals surface area contributed by atoms with Gasteiger partial charge in [0.2, 0.25) is 0 Å². The summed E-state index contributed by atoms with van der Waals surface area (Å²) in [7, 11) is 0.801. The average Bonchev–Trinajstić information content (AvgIpc) is 2.73. The first kappa shape index (κ1) is 26.1. The molecule has 0 spiro atoms. The molecular formula is C26H46N2Si. The van der Waals surface area contributed by atoms with Crippen molar-refractivity contribution in [3.8, 4) is 0 Å². The predicted molar refractivity (Wildman–Crippen MR) is 133 cm³/mol. The quantitative estimate of drug-likeness (QED) is 0.223. The first-order chi connectivity index (χ1) is 14.1. The molecule has 0 N–H and O–H groups in total. The molecule has 2 radical (unpaired) electrons. The van der Waals surface area contributed by atoms with Crippen LogP contribution in [0.25, 0.3) is 5.57 Å². The normalized spacial score (nSPS) is 11.7. The molecule has 0 aliphatic carbocycles. The van der Waals surface area contributed by atoms with Crippen LogP contribution >= 0.6 is 0 Å². The van der Waals surface area contributed by atoms with Crippen LogP contribution in [0.15, 0.2) is 30.8 Å². The Morgan fingerprint density at radius 3 is 1.66 bits per heavy atom. The standard InChI is InChI=1S/C26H46N2Si/c1-7-11-18-27(19-12-8-2)26(28(20-13-9-3)21-14-10-4)29-25-17-15-16-24(22-25)23(5)6/h15-17,22,26H,5,7-14,18-21H2,1-4,6H3.